The van der Waals surface area contributed by atoms with E-state index in [2.05, 4.69) is 0 Å². The van der Waals surface area contributed by atoms with Crippen LogP contribution >= 0.6 is 0 Å². The minimum Gasteiger partial charge on any atom is -0.312 e. The molecule has 0 heterocycles. The lowest BCUT2D eigenvalue weighted by Crippen LogP contribution is -2.01. The van der Waals surface area contributed by atoms with Gasteiger partial charge < -0.3 is 4.90 Å². The third kappa shape index (κ3) is 5.54. The first-order valence-corrected chi connectivity index (χ1v) is 6.37. The molecule has 5 nitrogen and oxygen atoms in total. The van der Waals surface area contributed by atoms with E-state index < -0.39 is 4.92 Å². The first kappa shape index (κ1) is 16.5. The van der Waals surface area contributed by atoms with Crippen molar-refractivity contribution < 1.29 is 9.72 Å². The Kier molecular flexibility index (Phi) is 6.23. The molecule has 110 valence electrons. The summed E-state index contributed by atoms with van der Waals surface area (Å²) < 4.78 is 0. The maximum absolute atomic E-state index is 12.0. The van der Waals surface area contributed by atoms with E-state index in [0.717, 1.165) is 0 Å². The van der Waals surface area contributed by atoms with Gasteiger partial charge in [0, 0.05) is 23.3 Å². The Morgan fingerprint density at radius 2 is 1.48 bits per heavy atom. The van der Waals surface area contributed by atoms with E-state index >= 15 is 0 Å². The third-order valence-electron chi connectivity index (χ3n) is 2.36. The van der Waals surface area contributed by atoms with Crippen molar-refractivity contribution in [3.63, 3.8) is 0 Å². The average molecular weight is 286 g/mol. The second-order valence-corrected chi connectivity index (χ2v) is 4.84. The Balaban J connectivity index is 0.000000491. The van der Waals surface area contributed by atoms with Crippen molar-refractivity contribution in [1.29, 1.82) is 0 Å². The van der Waals surface area contributed by atoms with Gasteiger partial charge in [0.25, 0.3) is 5.69 Å². The maximum atomic E-state index is 12.0. The molecule has 0 unspecified atom stereocenters. The molecule has 0 atom stereocenters. The van der Waals surface area contributed by atoms with Gasteiger partial charge in [-0.05, 0) is 21.1 Å². The summed E-state index contributed by atoms with van der Waals surface area (Å²) in [6.45, 7) is 0. The molecule has 2 rings (SSSR count). The monoisotopic (exact) mass is 286 g/mol. The molecular weight excluding hydrogens is 268 g/mol. The minimum absolute atomic E-state index is 0.0771. The van der Waals surface area contributed by atoms with Crippen molar-refractivity contribution in [2.45, 2.75) is 0 Å². The van der Waals surface area contributed by atoms with E-state index in [1.807, 2.05) is 32.1 Å². The van der Waals surface area contributed by atoms with Gasteiger partial charge >= 0.3 is 0 Å². The molecule has 0 aliphatic rings. The number of benzene rings is 2. The minimum atomic E-state index is -0.512. The van der Waals surface area contributed by atoms with Crippen LogP contribution in [0.1, 0.15) is 15.9 Å². The molecule has 0 aliphatic heterocycles. The van der Waals surface area contributed by atoms with E-state index in [-0.39, 0.29) is 11.5 Å². The van der Waals surface area contributed by atoms with Crippen LogP contribution in [0.4, 0.5) is 5.69 Å². The number of carbonyl (C=O) groups is 1. The molecule has 0 saturated carbocycles. The van der Waals surface area contributed by atoms with E-state index in [1.165, 1.54) is 18.2 Å². The van der Waals surface area contributed by atoms with Crippen molar-refractivity contribution in [2.24, 2.45) is 0 Å². The number of non-ortho nitro benzene ring substituents is 1. The number of carbonyl (C=O) groups excluding carboxylic acids is 1. The average Bonchev–Trinajstić information content (AvgIpc) is 2.47. The van der Waals surface area contributed by atoms with Gasteiger partial charge in [-0.15, -0.1) is 0 Å². The highest BCUT2D eigenvalue weighted by Gasteiger charge is 2.12. The summed E-state index contributed by atoms with van der Waals surface area (Å²) >= 11 is 0. The molecule has 0 bridgehead atoms. The van der Waals surface area contributed by atoms with Crippen LogP contribution in [-0.4, -0.2) is 36.7 Å². The summed E-state index contributed by atoms with van der Waals surface area (Å²) in [7, 11) is 6.00. The van der Waals surface area contributed by atoms with Crippen LogP contribution in [0.5, 0.6) is 0 Å². The molecule has 2 aromatic rings. The number of nitrogens with zero attached hydrogens (tertiary/aromatic N) is 2. The van der Waals surface area contributed by atoms with Crippen LogP contribution in [0.25, 0.3) is 0 Å². The number of hydrogen-bond donors (Lipinski definition) is 0. The zero-order valence-corrected chi connectivity index (χ0v) is 12.3. The Morgan fingerprint density at radius 3 is 2.00 bits per heavy atom. The zero-order valence-electron chi connectivity index (χ0n) is 12.3. The summed E-state index contributed by atoms with van der Waals surface area (Å²) in [6, 6.07) is 14.4. The van der Waals surface area contributed by atoms with Crippen molar-refractivity contribution in [3.8, 4) is 0 Å². The first-order chi connectivity index (χ1) is 9.91. The predicted molar refractivity (Wildman–Crippen MR) is 82.6 cm³/mol. The molecule has 21 heavy (non-hydrogen) atoms. The summed E-state index contributed by atoms with van der Waals surface area (Å²) in [4.78, 5) is 24.1. The predicted octanol–water partition coefficient (Wildman–Crippen LogP) is 3.00. The Morgan fingerprint density at radius 1 is 0.952 bits per heavy atom. The molecular formula is C16H18N2O3. The number of nitro groups is 1. The Hall–Kier alpha value is -2.53. The molecule has 0 N–H and O–H groups in total. The summed E-state index contributed by atoms with van der Waals surface area (Å²) in [6.07, 6.45) is 0. The number of nitro benzene ring substituents is 1. The fourth-order valence-corrected chi connectivity index (χ4v) is 1.52. The molecule has 0 fully saturated rings. The molecule has 0 aliphatic carbocycles. The van der Waals surface area contributed by atoms with Crippen LogP contribution in [0.2, 0.25) is 0 Å². The van der Waals surface area contributed by atoms with Gasteiger partial charge in [0.1, 0.15) is 0 Å². The molecule has 0 aromatic heterocycles. The lowest BCUT2D eigenvalue weighted by atomic mass is 10.0. The largest absolute Gasteiger partial charge is 0.312 e. The maximum Gasteiger partial charge on any atom is 0.270 e. The molecule has 0 amide bonds. The summed E-state index contributed by atoms with van der Waals surface area (Å²) in [5.74, 6) is -0.214. The Labute approximate surface area is 124 Å². The highest BCUT2D eigenvalue weighted by molar-refractivity contribution is 6.09. The lowest BCUT2D eigenvalue weighted by molar-refractivity contribution is -0.384. The molecule has 0 spiro atoms. The van der Waals surface area contributed by atoms with Gasteiger partial charge in [-0.25, -0.2) is 0 Å². The third-order valence-corrected chi connectivity index (χ3v) is 2.36. The van der Waals surface area contributed by atoms with Crippen LogP contribution in [0.3, 0.4) is 0 Å². The van der Waals surface area contributed by atoms with Gasteiger partial charge in [-0.2, -0.15) is 0 Å². The van der Waals surface area contributed by atoms with Crippen molar-refractivity contribution in [3.05, 3.63) is 75.8 Å². The fourth-order valence-electron chi connectivity index (χ4n) is 1.52. The van der Waals surface area contributed by atoms with Crippen molar-refractivity contribution in [2.75, 3.05) is 21.1 Å². The van der Waals surface area contributed by atoms with Crippen molar-refractivity contribution >= 4 is 11.5 Å². The van der Waals surface area contributed by atoms with Gasteiger partial charge in [-0.3, -0.25) is 14.9 Å². The summed E-state index contributed by atoms with van der Waals surface area (Å²) in [5, 5.41) is 10.6. The quantitative estimate of drug-likeness (QED) is 0.494. The number of rotatable bonds is 3. The summed E-state index contributed by atoms with van der Waals surface area (Å²) in [5.41, 5.74) is 0.769. The van der Waals surface area contributed by atoms with Crippen LogP contribution in [0, 0.1) is 10.1 Å². The topological polar surface area (TPSA) is 63.5 Å². The molecule has 0 saturated heterocycles. The van der Waals surface area contributed by atoms with Gasteiger partial charge in [0.2, 0.25) is 0 Å². The number of ketones is 1. The second-order valence-electron chi connectivity index (χ2n) is 4.84. The highest BCUT2D eigenvalue weighted by Crippen LogP contribution is 2.16. The van der Waals surface area contributed by atoms with E-state index in [4.69, 9.17) is 0 Å². The van der Waals surface area contributed by atoms with Crippen molar-refractivity contribution in [1.82, 2.24) is 4.90 Å². The normalized spacial score (nSPS) is 9.71. The molecule has 2 aromatic carbocycles. The molecule has 0 radical (unpaired) electrons. The van der Waals surface area contributed by atoms with E-state index in [9.17, 15) is 14.9 Å². The Bertz CT molecular complexity index is 607. The molecule has 5 heteroatoms. The van der Waals surface area contributed by atoms with Crippen LogP contribution in [0.15, 0.2) is 54.6 Å². The van der Waals surface area contributed by atoms with Gasteiger partial charge in [-0.1, -0.05) is 42.5 Å². The second kappa shape index (κ2) is 7.91. The van der Waals surface area contributed by atoms with Crippen LogP contribution in [-0.2, 0) is 0 Å². The number of hydrogen-bond acceptors (Lipinski definition) is 4. The van der Waals surface area contributed by atoms with E-state index in [1.54, 1.807) is 30.3 Å². The van der Waals surface area contributed by atoms with Gasteiger partial charge in [0.05, 0.1) is 4.92 Å². The smallest absolute Gasteiger partial charge is 0.270 e. The van der Waals surface area contributed by atoms with E-state index in [0.29, 0.717) is 11.1 Å². The zero-order chi connectivity index (χ0) is 15.8. The fraction of sp³-hybridized carbons (Fsp3) is 0.188. The highest BCUT2D eigenvalue weighted by atomic mass is 16.6. The standard InChI is InChI=1S/C13H9NO3.C3H9N/c15-13(10-5-2-1-3-6-10)11-7-4-8-12(9-11)14(16)17;1-4(2)3/h1-9H;1-3H3. The SMILES string of the molecule is CN(C)C.O=C(c1ccccc1)c1cccc([N+](=O)[O-])c1. The van der Waals surface area contributed by atoms with Gasteiger partial charge in [0.15, 0.2) is 5.78 Å². The van der Waals surface area contributed by atoms with Crippen LogP contribution < -0.4 is 0 Å². The lowest BCUT2D eigenvalue weighted by Gasteiger charge is -2.00. The first-order valence-electron chi connectivity index (χ1n) is 6.37.